The molecule has 8 nitrogen and oxygen atoms in total. The number of carbonyl (C=O) groups excluding carboxylic acids is 3. The summed E-state index contributed by atoms with van der Waals surface area (Å²) in [5.41, 5.74) is 4.22. The van der Waals surface area contributed by atoms with E-state index < -0.39 is 30.0 Å². The summed E-state index contributed by atoms with van der Waals surface area (Å²) < 4.78 is 0. The van der Waals surface area contributed by atoms with Crippen molar-refractivity contribution >= 4 is 35.2 Å². The van der Waals surface area contributed by atoms with Gasteiger partial charge in [0.05, 0.1) is 11.9 Å². The van der Waals surface area contributed by atoms with E-state index in [0.717, 1.165) is 22.4 Å². The molecule has 0 radical (unpaired) electrons. The van der Waals surface area contributed by atoms with Gasteiger partial charge in [-0.15, -0.1) is 11.8 Å². The van der Waals surface area contributed by atoms with Gasteiger partial charge in [0.2, 0.25) is 5.91 Å². The highest BCUT2D eigenvalue weighted by atomic mass is 32.2. The third-order valence-corrected chi connectivity index (χ3v) is 8.61. The Morgan fingerprint density at radius 1 is 1.02 bits per heavy atom. The maximum Gasteiger partial charge on any atom is 0.254 e. The number of anilines is 1. The van der Waals surface area contributed by atoms with Crippen molar-refractivity contribution in [3.63, 3.8) is 0 Å². The molecule has 9 heteroatoms. The Labute approximate surface area is 246 Å². The Bertz CT molecular complexity index is 1370. The van der Waals surface area contributed by atoms with Gasteiger partial charge in [-0.1, -0.05) is 67.6 Å². The van der Waals surface area contributed by atoms with Gasteiger partial charge in [0, 0.05) is 37.1 Å². The molecule has 0 saturated carbocycles. The topological polar surface area (TPSA) is 102 Å². The number of benzene rings is 3. The Hall–Kier alpha value is -3.82. The minimum absolute atomic E-state index is 0.154. The molecule has 1 saturated heterocycles. The maximum absolute atomic E-state index is 13.8. The van der Waals surface area contributed by atoms with E-state index in [9.17, 15) is 19.5 Å². The fourth-order valence-electron chi connectivity index (χ4n) is 4.90. The van der Waals surface area contributed by atoms with Gasteiger partial charge in [-0.05, 0) is 48.2 Å². The number of aryl methyl sites for hydroxylation is 1. The van der Waals surface area contributed by atoms with Crippen molar-refractivity contribution in [2.24, 2.45) is 0 Å². The maximum atomic E-state index is 13.8. The molecule has 4 atom stereocenters. The molecule has 216 valence electrons. The van der Waals surface area contributed by atoms with Gasteiger partial charge >= 0.3 is 0 Å². The molecule has 1 aliphatic heterocycles. The molecule has 1 fully saturated rings. The Morgan fingerprint density at radius 3 is 2.44 bits per heavy atom. The third kappa shape index (κ3) is 7.48. The summed E-state index contributed by atoms with van der Waals surface area (Å²) in [4.78, 5) is 43.7. The summed E-state index contributed by atoms with van der Waals surface area (Å²) in [5, 5.41) is 17.1. The van der Waals surface area contributed by atoms with E-state index in [1.165, 1.54) is 16.7 Å². The van der Waals surface area contributed by atoms with Crippen LogP contribution in [0, 0.1) is 6.92 Å². The predicted molar refractivity (Wildman–Crippen MR) is 164 cm³/mol. The summed E-state index contributed by atoms with van der Waals surface area (Å²) in [5.74, 6) is -0.967. The zero-order valence-electron chi connectivity index (χ0n) is 23.9. The normalized spacial score (nSPS) is 17.9. The Morgan fingerprint density at radius 2 is 1.73 bits per heavy atom. The summed E-state index contributed by atoms with van der Waals surface area (Å²) in [6.45, 7) is 4.24. The van der Waals surface area contributed by atoms with Gasteiger partial charge in [0.15, 0.2) is 6.10 Å². The van der Waals surface area contributed by atoms with Crippen molar-refractivity contribution in [3.05, 3.63) is 101 Å². The number of aliphatic hydroxyl groups excluding tert-OH is 1. The van der Waals surface area contributed by atoms with E-state index in [2.05, 4.69) is 10.6 Å². The first-order valence-corrected chi connectivity index (χ1v) is 14.7. The molecule has 1 aliphatic rings. The van der Waals surface area contributed by atoms with Gasteiger partial charge in [-0.25, -0.2) is 0 Å². The second kappa shape index (κ2) is 13.7. The fraction of sp³-hybridized carbons (Fsp3) is 0.344. The van der Waals surface area contributed by atoms with Crippen LogP contribution in [0.1, 0.15) is 34.0 Å². The van der Waals surface area contributed by atoms with Crippen LogP contribution in [-0.4, -0.2) is 71.1 Å². The lowest BCUT2D eigenvalue weighted by molar-refractivity contribution is -0.146. The van der Waals surface area contributed by atoms with Crippen LogP contribution in [-0.2, 0) is 22.6 Å². The van der Waals surface area contributed by atoms with E-state index >= 15 is 0 Å². The van der Waals surface area contributed by atoms with E-state index in [1.54, 1.807) is 18.2 Å². The molecule has 41 heavy (non-hydrogen) atoms. The molecule has 3 aromatic carbocycles. The smallest absolute Gasteiger partial charge is 0.254 e. The van der Waals surface area contributed by atoms with E-state index in [-0.39, 0.29) is 23.5 Å². The van der Waals surface area contributed by atoms with E-state index in [0.29, 0.717) is 12.1 Å². The summed E-state index contributed by atoms with van der Waals surface area (Å²) in [6, 6.07) is 22.7. The molecule has 0 spiro atoms. The first kappa shape index (κ1) is 30.1. The highest BCUT2D eigenvalue weighted by molar-refractivity contribution is 8.00. The largest absolute Gasteiger partial charge is 0.381 e. The van der Waals surface area contributed by atoms with E-state index in [4.69, 9.17) is 0 Å². The second-order valence-corrected chi connectivity index (χ2v) is 11.9. The van der Waals surface area contributed by atoms with Crippen LogP contribution in [0.25, 0.3) is 0 Å². The van der Waals surface area contributed by atoms with Gasteiger partial charge in [-0.3, -0.25) is 14.4 Å². The van der Waals surface area contributed by atoms with Crippen molar-refractivity contribution < 1.29 is 19.5 Å². The minimum atomic E-state index is -1.55. The molecule has 0 bridgehead atoms. The van der Waals surface area contributed by atoms with Crippen LogP contribution < -0.4 is 15.5 Å². The van der Waals surface area contributed by atoms with Gasteiger partial charge in [0.25, 0.3) is 11.8 Å². The molecule has 2 unspecified atom stereocenters. The predicted octanol–water partition coefficient (Wildman–Crippen LogP) is 3.37. The molecule has 3 amide bonds. The van der Waals surface area contributed by atoms with Gasteiger partial charge < -0.3 is 25.5 Å². The SMILES string of the molecule is Cc1ccccc1CNC(=O)[C@@H]1C(C)SCN1C(=O)[C@@H](O)C(Cc1ccccc1)NC(=O)c1cccc(N(C)C)c1. The monoisotopic (exact) mass is 574 g/mol. The standard InChI is InChI=1S/C32H38N4O4S/c1-21-11-8-9-14-25(21)19-33-31(39)28-22(2)41-20-36(28)32(40)29(37)27(17-23-12-6-5-7-13-23)34-30(38)24-15-10-16-26(18-24)35(3)4/h5-16,18,22,27-29,37H,17,19-20H2,1-4H3,(H,33,39)(H,34,38)/t22?,27?,28-,29-/m0/s1. The molecule has 3 aromatic rings. The highest BCUT2D eigenvalue weighted by Crippen LogP contribution is 2.30. The minimum Gasteiger partial charge on any atom is -0.381 e. The Kier molecular flexibility index (Phi) is 10.1. The zero-order valence-corrected chi connectivity index (χ0v) is 24.7. The second-order valence-electron chi connectivity index (χ2n) is 10.6. The first-order chi connectivity index (χ1) is 19.7. The lowest BCUT2D eigenvalue weighted by atomic mass is 9.99. The number of thioether (sulfide) groups is 1. The molecular weight excluding hydrogens is 536 g/mol. The number of nitrogens with one attached hydrogen (secondary N) is 2. The third-order valence-electron chi connectivity index (χ3n) is 7.40. The van der Waals surface area contributed by atoms with Crippen molar-refractivity contribution in [2.45, 2.75) is 50.3 Å². The number of aliphatic hydroxyl groups is 1. The number of hydrogen-bond donors (Lipinski definition) is 3. The Balaban J connectivity index is 1.52. The quantitative estimate of drug-likeness (QED) is 0.343. The summed E-state index contributed by atoms with van der Waals surface area (Å²) in [7, 11) is 3.78. The molecule has 3 N–H and O–H groups in total. The van der Waals surface area contributed by atoms with Crippen LogP contribution in [0.3, 0.4) is 0 Å². The molecule has 4 rings (SSSR count). The van der Waals surface area contributed by atoms with Crippen LogP contribution in [0.4, 0.5) is 5.69 Å². The molecule has 0 aromatic heterocycles. The molecule has 0 aliphatic carbocycles. The van der Waals surface area contributed by atoms with Crippen LogP contribution >= 0.6 is 11.8 Å². The fourth-order valence-corrected chi connectivity index (χ4v) is 6.04. The zero-order chi connectivity index (χ0) is 29.5. The van der Waals surface area contributed by atoms with Crippen molar-refractivity contribution in [2.75, 3.05) is 24.9 Å². The number of rotatable bonds is 10. The van der Waals surface area contributed by atoms with Crippen molar-refractivity contribution in [3.8, 4) is 0 Å². The average molecular weight is 575 g/mol. The van der Waals surface area contributed by atoms with Crippen LogP contribution in [0.15, 0.2) is 78.9 Å². The number of amides is 3. The molecular formula is C32H38N4O4S. The van der Waals surface area contributed by atoms with Crippen molar-refractivity contribution in [1.82, 2.24) is 15.5 Å². The van der Waals surface area contributed by atoms with Gasteiger partial charge in [-0.2, -0.15) is 0 Å². The lowest BCUT2D eigenvalue weighted by Gasteiger charge is -2.31. The summed E-state index contributed by atoms with van der Waals surface area (Å²) in [6.07, 6.45) is -1.30. The van der Waals surface area contributed by atoms with Crippen LogP contribution in [0.2, 0.25) is 0 Å². The van der Waals surface area contributed by atoms with Gasteiger partial charge in [0.1, 0.15) is 6.04 Å². The average Bonchev–Trinajstić information content (AvgIpc) is 3.37. The number of carbonyl (C=O) groups is 3. The number of hydrogen-bond acceptors (Lipinski definition) is 6. The van der Waals surface area contributed by atoms with Crippen molar-refractivity contribution in [1.29, 1.82) is 0 Å². The van der Waals surface area contributed by atoms with E-state index in [1.807, 2.05) is 93.5 Å². The number of nitrogens with zero attached hydrogens (tertiary/aromatic N) is 2. The first-order valence-electron chi connectivity index (χ1n) is 13.7. The lowest BCUT2D eigenvalue weighted by Crippen LogP contribution is -2.57. The summed E-state index contributed by atoms with van der Waals surface area (Å²) >= 11 is 1.48. The molecule has 1 heterocycles. The highest BCUT2D eigenvalue weighted by Gasteiger charge is 2.43. The van der Waals surface area contributed by atoms with Crippen LogP contribution in [0.5, 0.6) is 0 Å².